The normalized spacial score (nSPS) is 14.4. The van der Waals surface area contributed by atoms with E-state index < -0.39 is 5.91 Å². The molecule has 0 aliphatic rings. The van der Waals surface area contributed by atoms with Crippen LogP contribution in [0.15, 0.2) is 36.4 Å². The van der Waals surface area contributed by atoms with Gasteiger partial charge in [-0.05, 0) is 13.0 Å². The molecule has 0 saturated heterocycles. The van der Waals surface area contributed by atoms with Crippen molar-refractivity contribution >= 4 is 29.6 Å². The maximum atomic E-state index is 7.34. The second-order valence-electron chi connectivity index (χ2n) is 3.83. The van der Waals surface area contributed by atoms with E-state index in [-0.39, 0.29) is 0 Å². The van der Waals surface area contributed by atoms with Crippen molar-refractivity contribution in [1.29, 1.82) is 0 Å². The van der Waals surface area contributed by atoms with Gasteiger partial charge in [0.1, 0.15) is 5.91 Å². The minimum atomic E-state index is -0.951. The number of aromatic nitrogens is 1. The lowest BCUT2D eigenvalue weighted by molar-refractivity contribution is 0.0670. The molecule has 1 atom stereocenters. The standard InChI is InChI=1S/C14H17NO2S/c1-3-16-14(17-10-18)8-11-9-15(2)13-7-5-4-6-12(11)13/h4-9,18H,3,10H2,1-2H3/b14-8-/i10T. The van der Waals surface area contributed by atoms with Crippen LogP contribution < -0.4 is 0 Å². The first-order valence-corrected chi connectivity index (χ1v) is 6.29. The Labute approximate surface area is 114 Å². The molecule has 0 aliphatic heterocycles. The van der Waals surface area contributed by atoms with Crippen molar-refractivity contribution in [3.05, 3.63) is 42.0 Å². The van der Waals surface area contributed by atoms with E-state index in [1.807, 2.05) is 42.9 Å². The van der Waals surface area contributed by atoms with Crippen molar-refractivity contribution < 1.29 is 10.8 Å². The van der Waals surface area contributed by atoms with Gasteiger partial charge in [-0.1, -0.05) is 18.2 Å². The van der Waals surface area contributed by atoms with Gasteiger partial charge in [-0.2, -0.15) is 0 Å². The smallest absolute Gasteiger partial charge is 0.280 e. The van der Waals surface area contributed by atoms with E-state index in [9.17, 15) is 0 Å². The Balaban J connectivity index is 2.42. The Bertz CT molecular complexity index is 592. The molecule has 0 spiro atoms. The highest BCUT2D eigenvalue weighted by atomic mass is 32.1. The summed E-state index contributed by atoms with van der Waals surface area (Å²) in [6, 6.07) is 8.10. The molecule has 2 aromatic rings. The van der Waals surface area contributed by atoms with E-state index in [0.717, 1.165) is 16.5 Å². The van der Waals surface area contributed by atoms with Gasteiger partial charge in [0.05, 0.1) is 7.98 Å². The lowest BCUT2D eigenvalue weighted by atomic mass is 10.2. The van der Waals surface area contributed by atoms with Crippen LogP contribution in [0, 0.1) is 0 Å². The fourth-order valence-corrected chi connectivity index (χ4v) is 2.02. The SMILES string of the molecule is [3H]C(S)O/C(=C\c1cn(C)c2ccccc12)OCC. The molecule has 0 fully saturated rings. The Kier molecular flexibility index (Phi) is 3.76. The van der Waals surface area contributed by atoms with E-state index in [1.54, 1.807) is 6.08 Å². The maximum Gasteiger partial charge on any atom is 0.280 e. The van der Waals surface area contributed by atoms with Crippen LogP contribution >= 0.6 is 12.6 Å². The van der Waals surface area contributed by atoms with Gasteiger partial charge in [0, 0.05) is 35.8 Å². The number of para-hydroxylation sites is 1. The zero-order valence-corrected chi connectivity index (χ0v) is 11.4. The van der Waals surface area contributed by atoms with Gasteiger partial charge in [0.2, 0.25) is 0 Å². The van der Waals surface area contributed by atoms with Gasteiger partial charge in [-0.15, -0.1) is 12.6 Å². The summed E-state index contributed by atoms with van der Waals surface area (Å²) < 4.78 is 20.0. The molecule has 1 aromatic heterocycles. The van der Waals surface area contributed by atoms with Crippen LogP contribution in [-0.2, 0) is 16.5 Å². The number of nitrogens with zero attached hydrogens (tertiary/aromatic N) is 1. The highest BCUT2D eigenvalue weighted by Gasteiger charge is 2.06. The van der Waals surface area contributed by atoms with Crippen LogP contribution in [0.2, 0.25) is 0 Å². The van der Waals surface area contributed by atoms with E-state index >= 15 is 0 Å². The van der Waals surface area contributed by atoms with Crippen LogP contribution in [-0.4, -0.2) is 17.1 Å². The molecule has 96 valence electrons. The molecule has 4 heteroatoms. The predicted octanol–water partition coefficient (Wildman–Crippen LogP) is 3.42. The largest absolute Gasteiger partial charge is 0.466 e. The van der Waals surface area contributed by atoms with Crippen molar-refractivity contribution in [2.45, 2.75) is 6.92 Å². The number of thiol groups is 1. The van der Waals surface area contributed by atoms with E-state index in [4.69, 9.17) is 10.8 Å². The average Bonchev–Trinajstić information content (AvgIpc) is 2.67. The zero-order valence-electron chi connectivity index (χ0n) is 11.5. The van der Waals surface area contributed by atoms with Crippen LogP contribution in [0.3, 0.4) is 0 Å². The minimum absolute atomic E-state index is 0.314. The summed E-state index contributed by atoms with van der Waals surface area (Å²) >= 11 is 3.89. The Morgan fingerprint density at radius 1 is 1.44 bits per heavy atom. The van der Waals surface area contributed by atoms with Gasteiger partial charge in [0.25, 0.3) is 5.95 Å². The molecule has 0 aliphatic carbocycles. The van der Waals surface area contributed by atoms with Gasteiger partial charge in [-0.25, -0.2) is 0 Å². The number of fused-ring (bicyclic) bond motifs is 1. The lowest BCUT2D eigenvalue weighted by Gasteiger charge is -2.07. The molecule has 0 radical (unpaired) electrons. The molecule has 0 bridgehead atoms. The van der Waals surface area contributed by atoms with Crippen LogP contribution in [0.4, 0.5) is 0 Å². The molecule has 0 amide bonds. The van der Waals surface area contributed by atoms with Crippen molar-refractivity contribution in [2.75, 3.05) is 12.5 Å². The first-order valence-electron chi connectivity index (χ1n) is 6.35. The summed E-state index contributed by atoms with van der Waals surface area (Å²) in [5.41, 5.74) is 2.13. The molecule has 3 nitrogen and oxygen atoms in total. The maximum absolute atomic E-state index is 7.34. The van der Waals surface area contributed by atoms with E-state index in [0.29, 0.717) is 12.6 Å². The Morgan fingerprint density at radius 3 is 2.94 bits per heavy atom. The molecule has 1 unspecified atom stereocenters. The van der Waals surface area contributed by atoms with Crippen LogP contribution in [0.25, 0.3) is 17.0 Å². The molecule has 18 heavy (non-hydrogen) atoms. The van der Waals surface area contributed by atoms with Gasteiger partial charge in [-0.3, -0.25) is 0 Å². The number of hydrogen-bond acceptors (Lipinski definition) is 3. The summed E-state index contributed by atoms with van der Waals surface area (Å²) in [5, 5.41) is 1.12. The number of ether oxygens (including phenoxy) is 2. The van der Waals surface area contributed by atoms with Crippen molar-refractivity contribution in [2.24, 2.45) is 7.05 Å². The fourth-order valence-electron chi connectivity index (χ4n) is 1.92. The second-order valence-corrected chi connectivity index (χ2v) is 4.04. The molecular formula is C14H17NO2S. The monoisotopic (exact) mass is 265 g/mol. The number of benzene rings is 1. The molecule has 0 N–H and O–H groups in total. The summed E-state index contributed by atoms with van der Waals surface area (Å²) in [6.07, 6.45) is 3.80. The molecule has 2 rings (SSSR count). The van der Waals surface area contributed by atoms with Crippen molar-refractivity contribution in [3.8, 4) is 0 Å². The third kappa shape index (κ3) is 2.64. The predicted molar refractivity (Wildman–Crippen MR) is 77.5 cm³/mol. The molecule has 1 heterocycles. The van der Waals surface area contributed by atoms with Gasteiger partial charge < -0.3 is 14.0 Å². The number of aryl methyl sites for hydroxylation is 1. The van der Waals surface area contributed by atoms with E-state index in [1.165, 1.54) is 0 Å². The summed E-state index contributed by atoms with van der Waals surface area (Å²) in [5.74, 6) is -0.637. The van der Waals surface area contributed by atoms with Gasteiger partial charge in [0.15, 0.2) is 0 Å². The van der Waals surface area contributed by atoms with Crippen LogP contribution in [0.1, 0.15) is 13.9 Å². The van der Waals surface area contributed by atoms with E-state index in [2.05, 4.69) is 18.7 Å². The minimum Gasteiger partial charge on any atom is -0.466 e. The number of hydrogen-bond donors (Lipinski definition) is 1. The molecule has 1 aromatic carbocycles. The lowest BCUT2D eigenvalue weighted by Crippen LogP contribution is -1.96. The average molecular weight is 265 g/mol. The Morgan fingerprint density at radius 2 is 2.22 bits per heavy atom. The van der Waals surface area contributed by atoms with Gasteiger partial charge >= 0.3 is 0 Å². The third-order valence-corrected chi connectivity index (χ3v) is 2.76. The quantitative estimate of drug-likeness (QED) is 0.509. The second kappa shape index (κ2) is 5.87. The fraction of sp³-hybridized carbons (Fsp3) is 0.286. The summed E-state index contributed by atoms with van der Waals surface area (Å²) in [4.78, 5) is 0. The Hall–Kier alpha value is -1.55. The third-order valence-electron chi connectivity index (χ3n) is 2.66. The molecule has 0 saturated carbocycles. The zero-order chi connectivity index (χ0) is 13.8. The van der Waals surface area contributed by atoms with Crippen LogP contribution in [0.5, 0.6) is 0 Å². The summed E-state index contributed by atoms with van der Waals surface area (Å²) in [6.45, 7) is 2.36. The van der Waals surface area contributed by atoms with Crippen molar-refractivity contribution in [3.63, 3.8) is 0 Å². The topological polar surface area (TPSA) is 23.4 Å². The highest BCUT2D eigenvalue weighted by molar-refractivity contribution is 7.80. The van der Waals surface area contributed by atoms with Crippen molar-refractivity contribution in [1.82, 2.24) is 4.57 Å². The number of rotatable bonds is 5. The first-order chi connectivity index (χ1) is 9.11. The highest BCUT2D eigenvalue weighted by Crippen LogP contribution is 2.23. The molecular weight excluding hydrogens is 246 g/mol. The summed E-state index contributed by atoms with van der Waals surface area (Å²) in [7, 11) is 1.99. The first kappa shape index (κ1) is 11.5.